The van der Waals surface area contributed by atoms with E-state index in [1.165, 1.54) is 0 Å². The van der Waals surface area contributed by atoms with Gasteiger partial charge in [0.05, 0.1) is 0 Å². The maximum Gasteiger partial charge on any atom is 0.389 e. The Kier molecular flexibility index (Phi) is 7.04. The predicted molar refractivity (Wildman–Crippen MR) is 61.7 cm³/mol. The quantitative estimate of drug-likeness (QED) is 0.620. The molecule has 0 radical (unpaired) electrons. The molecule has 0 aliphatic carbocycles. The third kappa shape index (κ3) is 8.40. The minimum Gasteiger partial charge on any atom is -0.396 e. The maximum atomic E-state index is 12.0. The summed E-state index contributed by atoms with van der Waals surface area (Å²) in [4.78, 5) is 0. The van der Waals surface area contributed by atoms with Crippen molar-refractivity contribution >= 4 is 0 Å². The summed E-state index contributed by atoms with van der Waals surface area (Å²) in [6, 6.07) is 0.0411. The van der Waals surface area contributed by atoms with Gasteiger partial charge >= 0.3 is 6.18 Å². The van der Waals surface area contributed by atoms with Crippen LogP contribution >= 0.6 is 0 Å². The van der Waals surface area contributed by atoms with Crippen LogP contribution in [-0.4, -0.2) is 36.0 Å². The number of nitrogens with two attached hydrogens (primary N) is 1. The molecule has 0 aromatic rings. The lowest BCUT2D eigenvalue weighted by atomic mass is 9.93. The van der Waals surface area contributed by atoms with E-state index in [1.807, 2.05) is 13.8 Å². The molecule has 0 amide bonds. The van der Waals surface area contributed by atoms with Crippen molar-refractivity contribution in [3.05, 3.63) is 0 Å². The molecule has 0 aromatic heterocycles. The van der Waals surface area contributed by atoms with Crippen LogP contribution in [0.3, 0.4) is 0 Å². The van der Waals surface area contributed by atoms with Gasteiger partial charge in [-0.15, -0.1) is 0 Å². The molecule has 0 rings (SSSR count). The average molecular weight is 256 g/mol. The van der Waals surface area contributed by atoms with Crippen LogP contribution in [0.2, 0.25) is 0 Å². The normalized spacial score (nSPS) is 17.8. The Labute approximate surface area is 101 Å². The van der Waals surface area contributed by atoms with Gasteiger partial charge in [-0.05, 0) is 33.1 Å². The van der Waals surface area contributed by atoms with Gasteiger partial charge < -0.3 is 16.2 Å². The molecule has 104 valence electrons. The topological polar surface area (TPSA) is 58.3 Å². The van der Waals surface area contributed by atoms with Gasteiger partial charge in [-0.25, -0.2) is 0 Å². The number of halogens is 3. The Morgan fingerprint density at radius 1 is 1.29 bits per heavy atom. The molecule has 4 N–H and O–H groups in total. The zero-order chi connectivity index (χ0) is 13.5. The highest BCUT2D eigenvalue weighted by molar-refractivity contribution is 4.86. The first-order valence-corrected chi connectivity index (χ1v) is 5.88. The second kappa shape index (κ2) is 7.18. The molecule has 6 heteroatoms. The average Bonchev–Trinajstić information content (AvgIpc) is 2.15. The van der Waals surface area contributed by atoms with E-state index in [-0.39, 0.29) is 25.6 Å². The molecule has 0 aromatic carbocycles. The van der Waals surface area contributed by atoms with Crippen LogP contribution in [0.1, 0.15) is 39.5 Å². The first kappa shape index (κ1) is 16.7. The number of rotatable bonds is 8. The number of aliphatic hydroxyl groups excluding tert-OH is 1. The Morgan fingerprint density at radius 3 is 2.29 bits per heavy atom. The van der Waals surface area contributed by atoms with Crippen molar-refractivity contribution in [3.8, 4) is 0 Å². The molecule has 0 heterocycles. The molecule has 2 unspecified atom stereocenters. The van der Waals surface area contributed by atoms with Crippen LogP contribution in [-0.2, 0) is 0 Å². The summed E-state index contributed by atoms with van der Waals surface area (Å²) < 4.78 is 36.1. The monoisotopic (exact) mass is 256 g/mol. The summed E-state index contributed by atoms with van der Waals surface area (Å²) >= 11 is 0. The first-order valence-electron chi connectivity index (χ1n) is 5.88. The lowest BCUT2D eigenvalue weighted by molar-refractivity contribution is -0.136. The van der Waals surface area contributed by atoms with E-state index in [0.29, 0.717) is 12.8 Å². The van der Waals surface area contributed by atoms with Crippen molar-refractivity contribution in [3.63, 3.8) is 0 Å². The second-order valence-corrected chi connectivity index (χ2v) is 4.79. The van der Waals surface area contributed by atoms with Crippen LogP contribution in [0.25, 0.3) is 0 Å². The summed E-state index contributed by atoms with van der Waals surface area (Å²) in [6.07, 6.45) is -3.88. The zero-order valence-electron chi connectivity index (χ0n) is 10.5. The van der Waals surface area contributed by atoms with E-state index in [9.17, 15) is 13.2 Å². The molecule has 0 aliphatic heterocycles. The van der Waals surface area contributed by atoms with E-state index < -0.39 is 18.1 Å². The maximum absolute atomic E-state index is 12.0. The molecule has 0 bridgehead atoms. The van der Waals surface area contributed by atoms with Crippen LogP contribution in [0.5, 0.6) is 0 Å². The summed E-state index contributed by atoms with van der Waals surface area (Å²) in [5.41, 5.74) is 5.09. The van der Waals surface area contributed by atoms with E-state index in [2.05, 4.69) is 5.32 Å². The minimum atomic E-state index is -4.10. The molecular weight excluding hydrogens is 233 g/mol. The molecule has 17 heavy (non-hydrogen) atoms. The van der Waals surface area contributed by atoms with Gasteiger partial charge in [-0.2, -0.15) is 13.2 Å². The lowest BCUT2D eigenvalue weighted by Gasteiger charge is -2.33. The van der Waals surface area contributed by atoms with Crippen LogP contribution < -0.4 is 11.1 Å². The van der Waals surface area contributed by atoms with E-state index in [1.54, 1.807) is 0 Å². The first-order chi connectivity index (χ1) is 7.72. The standard InChI is InChI=1S/C11H23F3N2O/c1-9(4-7-17)16-10(2,8-15)5-3-6-11(12,13)14/h9,16-17H,3-8,15H2,1-2H3. The van der Waals surface area contributed by atoms with E-state index in [0.717, 1.165) is 0 Å². The lowest BCUT2D eigenvalue weighted by Crippen LogP contribution is -2.52. The number of alkyl halides is 3. The summed E-state index contributed by atoms with van der Waals surface area (Å²) in [6.45, 7) is 4.03. The van der Waals surface area contributed by atoms with Crippen molar-refractivity contribution in [1.82, 2.24) is 5.32 Å². The Hall–Kier alpha value is -0.330. The Morgan fingerprint density at radius 2 is 1.88 bits per heavy atom. The predicted octanol–water partition coefficient (Wildman–Crippen LogP) is 1.80. The van der Waals surface area contributed by atoms with Crippen molar-refractivity contribution < 1.29 is 18.3 Å². The minimum absolute atomic E-state index is 0.0411. The highest BCUT2D eigenvalue weighted by atomic mass is 19.4. The zero-order valence-corrected chi connectivity index (χ0v) is 10.5. The molecule has 0 spiro atoms. The largest absolute Gasteiger partial charge is 0.396 e. The van der Waals surface area contributed by atoms with Gasteiger partial charge in [-0.1, -0.05) is 0 Å². The van der Waals surface area contributed by atoms with Crippen molar-refractivity contribution in [2.24, 2.45) is 5.73 Å². The number of hydrogen-bond donors (Lipinski definition) is 3. The second-order valence-electron chi connectivity index (χ2n) is 4.79. The van der Waals surface area contributed by atoms with Crippen LogP contribution in [0.4, 0.5) is 13.2 Å². The molecule has 0 saturated heterocycles. The number of aliphatic hydroxyl groups is 1. The summed E-state index contributed by atoms with van der Waals surface area (Å²) in [5, 5.41) is 11.9. The molecular formula is C11H23F3N2O. The molecule has 0 saturated carbocycles. The fourth-order valence-corrected chi connectivity index (χ4v) is 1.77. The fourth-order valence-electron chi connectivity index (χ4n) is 1.77. The van der Waals surface area contributed by atoms with Gasteiger partial charge in [0.25, 0.3) is 0 Å². The van der Waals surface area contributed by atoms with E-state index in [4.69, 9.17) is 10.8 Å². The van der Waals surface area contributed by atoms with Gasteiger partial charge in [0.15, 0.2) is 0 Å². The summed E-state index contributed by atoms with van der Waals surface area (Å²) in [5.74, 6) is 0. The van der Waals surface area contributed by atoms with Gasteiger partial charge in [-0.3, -0.25) is 0 Å². The smallest absolute Gasteiger partial charge is 0.389 e. The SMILES string of the molecule is CC(CCO)NC(C)(CN)CCCC(F)(F)F. The van der Waals surface area contributed by atoms with Gasteiger partial charge in [0, 0.05) is 31.2 Å². The highest BCUT2D eigenvalue weighted by Crippen LogP contribution is 2.24. The molecule has 0 fully saturated rings. The molecule has 3 nitrogen and oxygen atoms in total. The Bertz CT molecular complexity index is 211. The molecule has 0 aliphatic rings. The van der Waals surface area contributed by atoms with Crippen molar-refractivity contribution in [2.45, 2.75) is 57.3 Å². The van der Waals surface area contributed by atoms with Crippen LogP contribution in [0, 0.1) is 0 Å². The van der Waals surface area contributed by atoms with Crippen LogP contribution in [0.15, 0.2) is 0 Å². The highest BCUT2D eigenvalue weighted by Gasteiger charge is 2.29. The Balaban J connectivity index is 4.09. The van der Waals surface area contributed by atoms with Gasteiger partial charge in [0.2, 0.25) is 0 Å². The fraction of sp³-hybridized carbons (Fsp3) is 1.00. The van der Waals surface area contributed by atoms with Crippen molar-refractivity contribution in [1.29, 1.82) is 0 Å². The number of nitrogens with one attached hydrogen (secondary N) is 1. The van der Waals surface area contributed by atoms with Gasteiger partial charge in [0.1, 0.15) is 0 Å². The van der Waals surface area contributed by atoms with E-state index >= 15 is 0 Å². The van der Waals surface area contributed by atoms with Crippen molar-refractivity contribution in [2.75, 3.05) is 13.2 Å². The third-order valence-electron chi connectivity index (χ3n) is 2.80. The summed E-state index contributed by atoms with van der Waals surface area (Å²) in [7, 11) is 0. The number of hydrogen-bond acceptors (Lipinski definition) is 3. The molecule has 2 atom stereocenters. The third-order valence-corrected chi connectivity index (χ3v) is 2.80.